The molecule has 0 bridgehead atoms. The molecule has 0 N–H and O–H groups in total. The fourth-order valence-corrected chi connectivity index (χ4v) is 18.8. The van der Waals surface area contributed by atoms with Gasteiger partial charge in [-0.25, -0.2) is 0 Å². The van der Waals surface area contributed by atoms with Crippen molar-refractivity contribution in [3.63, 3.8) is 0 Å². The van der Waals surface area contributed by atoms with Gasteiger partial charge < -0.3 is 0 Å². The Balaban J connectivity index is 1.60. The van der Waals surface area contributed by atoms with E-state index in [2.05, 4.69) is 183 Å². The number of hydrogen-bond acceptors (Lipinski definition) is 0. The van der Waals surface area contributed by atoms with Crippen LogP contribution in [0, 0.1) is 0 Å². The summed E-state index contributed by atoms with van der Waals surface area (Å²) in [5, 5.41) is 0. The van der Waals surface area contributed by atoms with E-state index in [1.54, 1.807) is 3.28 Å². The summed E-state index contributed by atoms with van der Waals surface area (Å²) in [7, 11) is 0. The molecule has 2 aliphatic carbocycles. The van der Waals surface area contributed by atoms with Gasteiger partial charge in [0, 0.05) is 0 Å². The predicted molar refractivity (Wildman–Crippen MR) is 211 cm³/mol. The SMILES string of the molecule is [CH2]=[Zr]([C]1=CC=CC1)([c]1ccc(C(C)C)cc1)[CH]1c2cc(-c3ccccc3)c(C(C)(C)C)cc2-c2cc(C(C)(C)C)c(-c3ccccc3)cc21. The molecule has 0 nitrogen and oxygen atoms in total. The van der Waals surface area contributed by atoms with Crippen molar-refractivity contribution in [2.75, 3.05) is 0 Å². The molecule has 0 amide bonds. The monoisotopic (exact) mass is 717 g/mol. The van der Waals surface area contributed by atoms with Crippen molar-refractivity contribution in [2.45, 2.75) is 82.2 Å². The third-order valence-corrected chi connectivity index (χ3v) is 22.0. The average molecular weight is 719 g/mol. The standard InChI is InChI=1S/C33H33.C9H11.C5H5.CH2.Zr/c1-32(2,3)30-20-26-24(18-28(30)22-13-9-7-10-14-22)17-25-19-29(23-15-11-8-12-16-23)31(21-27(25)26)33(4,5)6;1-8(2)9-6-4-3-5-7-9;1-2-4-5-3-1;;/h7-21H,1-6H3;4-8H,1-2H3;1-3H,4H2;1H2;. The van der Waals surface area contributed by atoms with Gasteiger partial charge >= 0.3 is 301 Å². The molecule has 0 aliphatic heterocycles. The van der Waals surface area contributed by atoms with Gasteiger partial charge in [0.25, 0.3) is 0 Å². The molecular weight excluding hydrogens is 668 g/mol. The molecule has 2 aliphatic rings. The van der Waals surface area contributed by atoms with E-state index in [-0.39, 0.29) is 14.5 Å². The van der Waals surface area contributed by atoms with Crippen molar-refractivity contribution in [3.05, 3.63) is 159 Å². The zero-order valence-corrected chi connectivity index (χ0v) is 33.2. The average Bonchev–Trinajstić information content (AvgIpc) is 3.74. The van der Waals surface area contributed by atoms with E-state index in [0.29, 0.717) is 5.92 Å². The maximum atomic E-state index is 5.52. The predicted octanol–water partition coefficient (Wildman–Crippen LogP) is 12.6. The van der Waals surface area contributed by atoms with Crippen LogP contribution in [0.1, 0.15) is 99.2 Å². The Bertz CT molecular complexity index is 2020. The third kappa shape index (κ3) is 5.97. The van der Waals surface area contributed by atoms with Gasteiger partial charge in [0.15, 0.2) is 0 Å². The number of hydrogen-bond donors (Lipinski definition) is 0. The van der Waals surface area contributed by atoms with Crippen LogP contribution in [0.5, 0.6) is 0 Å². The Kier molecular flexibility index (Phi) is 8.68. The molecule has 0 aromatic heterocycles. The molecule has 1 unspecified atom stereocenters. The normalized spacial score (nSPS) is 15.7. The van der Waals surface area contributed by atoms with Crippen molar-refractivity contribution < 1.29 is 19.8 Å². The van der Waals surface area contributed by atoms with Crippen LogP contribution in [0.25, 0.3) is 33.4 Å². The molecule has 1 atom stereocenters. The first-order chi connectivity index (χ1) is 23.3. The molecule has 0 saturated carbocycles. The Labute approximate surface area is 299 Å². The van der Waals surface area contributed by atoms with Gasteiger partial charge in [0.05, 0.1) is 0 Å². The Morgan fingerprint density at radius 2 is 1.08 bits per heavy atom. The minimum atomic E-state index is -3.74. The van der Waals surface area contributed by atoms with Crippen molar-refractivity contribution >= 4 is 7.48 Å². The molecule has 0 heterocycles. The third-order valence-electron chi connectivity index (χ3n) is 11.0. The van der Waals surface area contributed by atoms with Crippen LogP contribution < -0.4 is 3.27 Å². The molecule has 247 valence electrons. The maximum absolute atomic E-state index is 5.52. The molecule has 0 radical (unpaired) electrons. The van der Waals surface area contributed by atoms with Gasteiger partial charge in [-0.15, -0.1) is 0 Å². The fraction of sp³-hybridized carbons (Fsp3) is 0.271. The molecule has 0 fully saturated rings. The van der Waals surface area contributed by atoms with Gasteiger partial charge in [-0.2, -0.15) is 0 Å². The van der Waals surface area contributed by atoms with E-state index in [0.717, 1.165) is 6.42 Å². The van der Waals surface area contributed by atoms with Crippen LogP contribution in [0.3, 0.4) is 0 Å². The minimum absolute atomic E-state index is 0.0231. The zero-order chi connectivity index (χ0) is 34.7. The first-order valence-electron chi connectivity index (χ1n) is 18.1. The first-order valence-corrected chi connectivity index (χ1v) is 23.7. The van der Waals surface area contributed by atoms with E-state index < -0.39 is 19.8 Å². The van der Waals surface area contributed by atoms with Crippen LogP contribution >= 0.6 is 0 Å². The van der Waals surface area contributed by atoms with Crippen LogP contribution in [-0.2, 0) is 30.6 Å². The second-order valence-corrected chi connectivity index (χ2v) is 25.9. The summed E-state index contributed by atoms with van der Waals surface area (Å²) in [6, 6.07) is 42.1. The van der Waals surface area contributed by atoms with E-state index in [1.807, 2.05) is 0 Å². The summed E-state index contributed by atoms with van der Waals surface area (Å²) in [5.41, 5.74) is 15.2. The first kappa shape index (κ1) is 33.8. The summed E-state index contributed by atoms with van der Waals surface area (Å²) < 4.78 is 8.83. The number of benzene rings is 5. The van der Waals surface area contributed by atoms with E-state index >= 15 is 0 Å². The Morgan fingerprint density at radius 1 is 0.612 bits per heavy atom. The van der Waals surface area contributed by atoms with Gasteiger partial charge in [-0.1, -0.05) is 0 Å². The summed E-state index contributed by atoms with van der Waals surface area (Å²) in [4.78, 5) is 0. The van der Waals surface area contributed by atoms with Gasteiger partial charge in [0.2, 0.25) is 0 Å². The molecule has 49 heavy (non-hydrogen) atoms. The molecular formula is C48H51Zr. The van der Waals surface area contributed by atoms with Crippen LogP contribution in [-0.4, -0.2) is 4.21 Å². The molecule has 1 heteroatoms. The number of fused-ring (bicyclic) bond motifs is 3. The quantitative estimate of drug-likeness (QED) is 0.164. The number of rotatable bonds is 6. The second kappa shape index (κ2) is 12.6. The summed E-state index contributed by atoms with van der Waals surface area (Å²) in [6.45, 7) is 18.8. The van der Waals surface area contributed by atoms with Crippen LogP contribution in [0.4, 0.5) is 0 Å². The molecule has 0 spiro atoms. The van der Waals surface area contributed by atoms with Crippen LogP contribution in [0.15, 0.2) is 131 Å². The molecule has 5 aromatic carbocycles. The van der Waals surface area contributed by atoms with Gasteiger partial charge in [0.1, 0.15) is 0 Å². The molecule has 5 aromatic rings. The van der Waals surface area contributed by atoms with Crippen molar-refractivity contribution in [2.24, 2.45) is 0 Å². The van der Waals surface area contributed by atoms with Gasteiger partial charge in [-0.3, -0.25) is 0 Å². The van der Waals surface area contributed by atoms with E-state index in [4.69, 9.17) is 4.21 Å². The zero-order valence-electron chi connectivity index (χ0n) is 30.7. The molecule has 7 rings (SSSR count). The fourth-order valence-electron chi connectivity index (χ4n) is 8.31. The van der Waals surface area contributed by atoms with Crippen molar-refractivity contribution in [3.8, 4) is 33.4 Å². The van der Waals surface area contributed by atoms with Crippen molar-refractivity contribution in [1.29, 1.82) is 0 Å². The van der Waals surface area contributed by atoms with Crippen molar-refractivity contribution in [1.82, 2.24) is 0 Å². The molecule has 0 saturated heterocycles. The van der Waals surface area contributed by atoms with Crippen LogP contribution in [0.2, 0.25) is 0 Å². The summed E-state index contributed by atoms with van der Waals surface area (Å²) in [5.74, 6) is 0.497. The van der Waals surface area contributed by atoms with E-state index in [9.17, 15) is 0 Å². The Morgan fingerprint density at radius 3 is 1.47 bits per heavy atom. The number of allylic oxidation sites excluding steroid dienone is 4. The summed E-state index contributed by atoms with van der Waals surface area (Å²) >= 11 is -3.74. The topological polar surface area (TPSA) is 0 Å². The van der Waals surface area contributed by atoms with Gasteiger partial charge in [-0.05, 0) is 0 Å². The van der Waals surface area contributed by atoms with E-state index in [1.165, 1.54) is 64.5 Å². The Hall–Kier alpha value is -3.67. The summed E-state index contributed by atoms with van der Waals surface area (Å²) in [6.07, 6.45) is 8.06. The second-order valence-electron chi connectivity index (χ2n) is 16.7.